The number of nitro benzene ring substituents is 1. The topological polar surface area (TPSA) is 128 Å². The van der Waals surface area contributed by atoms with E-state index in [1.165, 1.54) is 37.3 Å². The maximum Gasteiger partial charge on any atom is 0.293 e. The average Bonchev–Trinajstić information content (AvgIpc) is 3.24. The van der Waals surface area contributed by atoms with Crippen molar-refractivity contribution in [3.8, 4) is 11.3 Å². The van der Waals surface area contributed by atoms with Crippen LogP contribution in [0.2, 0.25) is 0 Å². The van der Waals surface area contributed by atoms with Gasteiger partial charge in [-0.05, 0) is 31.2 Å². The van der Waals surface area contributed by atoms with Crippen molar-refractivity contribution in [3.05, 3.63) is 58.1 Å². The Kier molecular flexibility index (Phi) is 4.85. The van der Waals surface area contributed by atoms with Gasteiger partial charge in [0, 0.05) is 29.2 Å². The van der Waals surface area contributed by atoms with E-state index in [1.54, 1.807) is 6.07 Å². The first-order valence-corrected chi connectivity index (χ1v) is 8.18. The summed E-state index contributed by atoms with van der Waals surface area (Å²) in [5.74, 6) is 0.230. The first-order chi connectivity index (χ1) is 12.4. The zero-order valence-electron chi connectivity index (χ0n) is 13.5. The minimum atomic E-state index is -0.510. The van der Waals surface area contributed by atoms with Gasteiger partial charge in [-0.1, -0.05) is 0 Å². The van der Waals surface area contributed by atoms with E-state index < -0.39 is 10.8 Å². The van der Waals surface area contributed by atoms with E-state index in [0.717, 1.165) is 11.5 Å². The van der Waals surface area contributed by atoms with Crippen molar-refractivity contribution in [1.29, 1.82) is 0 Å². The number of ketones is 1. The lowest BCUT2D eigenvalue weighted by molar-refractivity contribution is -0.384. The summed E-state index contributed by atoms with van der Waals surface area (Å²) in [7, 11) is 0. The third-order valence-electron chi connectivity index (χ3n) is 3.29. The summed E-state index contributed by atoms with van der Waals surface area (Å²) in [6.07, 6.45) is 0.109. The second-order valence-electron chi connectivity index (χ2n) is 5.32. The van der Waals surface area contributed by atoms with Gasteiger partial charge in [-0.2, -0.15) is 4.37 Å². The van der Waals surface area contributed by atoms with E-state index in [4.69, 9.17) is 4.42 Å². The molecule has 1 aromatic carbocycles. The van der Waals surface area contributed by atoms with Crippen LogP contribution in [0.4, 0.5) is 10.8 Å². The van der Waals surface area contributed by atoms with Gasteiger partial charge in [-0.25, -0.2) is 4.98 Å². The molecule has 0 aliphatic heterocycles. The standard InChI is InChI=1S/C16H12N4O5S/c1-9(21)8-14-17-16(26-19-14)18-15(22)13-7-6-12(25-13)10-2-4-11(5-3-10)20(23)24/h2-7H,8H2,1H3,(H,17,18,19,22). The maximum atomic E-state index is 12.2. The number of amides is 1. The van der Waals surface area contributed by atoms with Gasteiger partial charge >= 0.3 is 0 Å². The highest BCUT2D eigenvalue weighted by Crippen LogP contribution is 2.25. The fourth-order valence-corrected chi connectivity index (χ4v) is 2.70. The molecule has 0 aliphatic rings. The summed E-state index contributed by atoms with van der Waals surface area (Å²) < 4.78 is 9.48. The third kappa shape index (κ3) is 3.98. The molecule has 2 aromatic heterocycles. The fraction of sp³-hybridized carbons (Fsp3) is 0.125. The Labute approximate surface area is 151 Å². The van der Waals surface area contributed by atoms with Crippen LogP contribution in [0.25, 0.3) is 11.3 Å². The number of nitrogens with zero attached hydrogens (tertiary/aromatic N) is 3. The second kappa shape index (κ2) is 7.23. The smallest absolute Gasteiger partial charge is 0.293 e. The first kappa shape index (κ1) is 17.4. The Morgan fingerprint density at radius 2 is 1.96 bits per heavy atom. The highest BCUT2D eigenvalue weighted by Gasteiger charge is 2.16. The maximum absolute atomic E-state index is 12.2. The molecule has 0 saturated carbocycles. The largest absolute Gasteiger partial charge is 0.451 e. The summed E-state index contributed by atoms with van der Waals surface area (Å²) in [6.45, 7) is 1.43. The van der Waals surface area contributed by atoms with Gasteiger partial charge in [-0.15, -0.1) is 0 Å². The van der Waals surface area contributed by atoms with Crippen molar-refractivity contribution >= 4 is 34.0 Å². The van der Waals surface area contributed by atoms with Crippen molar-refractivity contribution in [2.24, 2.45) is 0 Å². The molecule has 0 aliphatic carbocycles. The number of non-ortho nitro benzene ring substituents is 1. The number of hydrogen-bond acceptors (Lipinski definition) is 8. The van der Waals surface area contributed by atoms with Crippen LogP contribution in [0.15, 0.2) is 40.8 Å². The molecular formula is C16H12N4O5S. The Morgan fingerprint density at radius 1 is 1.23 bits per heavy atom. The molecule has 0 spiro atoms. The van der Waals surface area contributed by atoms with Crippen LogP contribution < -0.4 is 5.32 Å². The van der Waals surface area contributed by atoms with Gasteiger partial charge in [0.1, 0.15) is 11.5 Å². The van der Waals surface area contributed by atoms with Gasteiger partial charge < -0.3 is 4.42 Å². The number of carbonyl (C=O) groups is 2. The number of nitro groups is 1. The average molecular weight is 372 g/mol. The molecule has 0 bridgehead atoms. The van der Waals surface area contributed by atoms with Gasteiger partial charge in [0.05, 0.1) is 11.3 Å². The van der Waals surface area contributed by atoms with Crippen molar-refractivity contribution in [3.63, 3.8) is 0 Å². The predicted molar refractivity (Wildman–Crippen MR) is 93.0 cm³/mol. The Bertz CT molecular complexity index is 977. The molecule has 0 radical (unpaired) electrons. The van der Waals surface area contributed by atoms with Crippen LogP contribution in [0.5, 0.6) is 0 Å². The normalized spacial score (nSPS) is 10.5. The molecule has 0 unspecified atom stereocenters. The lowest BCUT2D eigenvalue weighted by Gasteiger charge is -1.98. The minimum absolute atomic E-state index is 0.0316. The third-order valence-corrected chi connectivity index (χ3v) is 3.96. The predicted octanol–water partition coefficient (Wildman–Crippen LogP) is 3.09. The van der Waals surface area contributed by atoms with Gasteiger partial charge in [0.25, 0.3) is 11.6 Å². The molecule has 2 heterocycles. The van der Waals surface area contributed by atoms with Crippen LogP contribution in [-0.4, -0.2) is 26.0 Å². The molecule has 3 aromatic rings. The van der Waals surface area contributed by atoms with Crippen LogP contribution >= 0.6 is 11.5 Å². The monoisotopic (exact) mass is 372 g/mol. The van der Waals surface area contributed by atoms with Crippen molar-refractivity contribution in [1.82, 2.24) is 9.36 Å². The lowest BCUT2D eigenvalue weighted by atomic mass is 10.1. The summed E-state index contributed by atoms with van der Waals surface area (Å²) in [5, 5.41) is 13.5. The van der Waals surface area contributed by atoms with Gasteiger partial charge in [0.15, 0.2) is 11.6 Å². The Hall–Kier alpha value is -3.40. The molecule has 0 fully saturated rings. The van der Waals surface area contributed by atoms with Crippen LogP contribution in [0, 0.1) is 10.1 Å². The molecule has 0 saturated heterocycles. The van der Waals surface area contributed by atoms with Crippen LogP contribution in [-0.2, 0) is 11.2 Å². The summed E-state index contributed by atoms with van der Waals surface area (Å²) >= 11 is 0.971. The van der Waals surface area contributed by atoms with Crippen LogP contribution in [0.1, 0.15) is 23.3 Å². The van der Waals surface area contributed by atoms with Gasteiger partial charge in [0.2, 0.25) is 5.13 Å². The summed E-state index contributed by atoms with van der Waals surface area (Å²) in [4.78, 5) is 37.5. The number of anilines is 1. The quantitative estimate of drug-likeness (QED) is 0.520. The number of rotatable bonds is 6. The number of benzene rings is 1. The summed E-state index contributed by atoms with van der Waals surface area (Å²) in [5.41, 5.74) is 0.574. The Morgan fingerprint density at radius 3 is 2.62 bits per heavy atom. The number of Topliss-reactive ketones (excluding diaryl/α,β-unsaturated/α-hetero) is 1. The molecule has 132 valence electrons. The van der Waals surface area contributed by atoms with E-state index in [2.05, 4.69) is 14.7 Å². The molecule has 10 heteroatoms. The molecule has 0 atom stereocenters. The Balaban J connectivity index is 1.70. The molecule has 1 amide bonds. The minimum Gasteiger partial charge on any atom is -0.451 e. The number of nitrogens with one attached hydrogen (secondary N) is 1. The summed E-state index contributed by atoms with van der Waals surface area (Å²) in [6, 6.07) is 8.88. The second-order valence-corrected chi connectivity index (χ2v) is 6.07. The number of carbonyl (C=O) groups excluding carboxylic acids is 2. The van der Waals surface area contributed by atoms with Crippen LogP contribution in [0.3, 0.4) is 0 Å². The number of aromatic nitrogens is 2. The molecule has 1 N–H and O–H groups in total. The van der Waals surface area contributed by atoms with E-state index >= 15 is 0 Å². The first-order valence-electron chi connectivity index (χ1n) is 7.40. The number of furan rings is 1. The van der Waals surface area contributed by atoms with Crippen molar-refractivity contribution in [2.75, 3.05) is 5.32 Å². The molecule has 26 heavy (non-hydrogen) atoms. The lowest BCUT2D eigenvalue weighted by Crippen LogP contribution is -2.10. The highest BCUT2D eigenvalue weighted by atomic mass is 32.1. The van der Waals surface area contributed by atoms with Crippen molar-refractivity contribution < 1.29 is 18.9 Å². The fourth-order valence-electron chi connectivity index (χ4n) is 2.12. The van der Waals surface area contributed by atoms with E-state index in [1.807, 2.05) is 0 Å². The van der Waals surface area contributed by atoms with Crippen molar-refractivity contribution in [2.45, 2.75) is 13.3 Å². The number of hydrogen-bond donors (Lipinski definition) is 1. The SMILES string of the molecule is CC(=O)Cc1nsc(NC(=O)c2ccc(-c3ccc([N+](=O)[O-])cc3)o2)n1. The highest BCUT2D eigenvalue weighted by molar-refractivity contribution is 7.09. The van der Waals surface area contributed by atoms with E-state index in [-0.39, 0.29) is 28.8 Å². The van der Waals surface area contributed by atoms with E-state index in [0.29, 0.717) is 17.1 Å². The molecule has 9 nitrogen and oxygen atoms in total. The van der Waals surface area contributed by atoms with E-state index in [9.17, 15) is 19.7 Å². The molecular weight excluding hydrogens is 360 g/mol. The molecule has 3 rings (SSSR count). The zero-order valence-corrected chi connectivity index (χ0v) is 14.3. The zero-order chi connectivity index (χ0) is 18.7. The van der Waals surface area contributed by atoms with Gasteiger partial charge in [-0.3, -0.25) is 25.0 Å².